The Balaban J connectivity index is 2.24. The lowest BCUT2D eigenvalue weighted by atomic mass is 9.82. The molecule has 0 saturated heterocycles. The number of alkyl halides is 3. The van der Waals surface area contributed by atoms with Gasteiger partial charge in [-0.15, -0.1) is 0 Å². The van der Waals surface area contributed by atoms with E-state index in [0.717, 1.165) is 24.5 Å². The van der Waals surface area contributed by atoms with E-state index in [1.807, 2.05) is 13.0 Å². The maximum Gasteiger partial charge on any atom is 0.433 e. The van der Waals surface area contributed by atoms with Gasteiger partial charge in [-0.2, -0.15) is 13.2 Å². The first-order valence-electron chi connectivity index (χ1n) is 6.06. The molecule has 1 aliphatic carbocycles. The summed E-state index contributed by atoms with van der Waals surface area (Å²) in [5, 5.41) is 0. The van der Waals surface area contributed by atoms with Crippen LogP contribution in [0.25, 0.3) is 0 Å². The molecule has 0 radical (unpaired) electrons. The zero-order chi connectivity index (χ0) is 12.5. The molecule has 2 rings (SSSR count). The quantitative estimate of drug-likeness (QED) is 0.781. The molecule has 0 amide bonds. The number of hydrogen-bond acceptors (Lipinski definition) is 1. The van der Waals surface area contributed by atoms with Gasteiger partial charge in [-0.05, 0) is 36.5 Å². The van der Waals surface area contributed by atoms with E-state index in [2.05, 4.69) is 4.98 Å². The molecule has 1 saturated carbocycles. The lowest BCUT2D eigenvalue weighted by Gasteiger charge is -2.25. The molecule has 1 fully saturated rings. The predicted molar refractivity (Wildman–Crippen MR) is 59.7 cm³/mol. The molecule has 0 bridgehead atoms. The molecule has 0 aromatic carbocycles. The largest absolute Gasteiger partial charge is 0.433 e. The Morgan fingerprint density at radius 3 is 2.47 bits per heavy atom. The van der Waals surface area contributed by atoms with E-state index in [1.165, 1.54) is 6.42 Å². The topological polar surface area (TPSA) is 12.9 Å². The van der Waals surface area contributed by atoms with Crippen LogP contribution < -0.4 is 0 Å². The lowest BCUT2D eigenvalue weighted by Crippen LogP contribution is -2.17. The number of nitrogens with zero attached hydrogens (tertiary/aromatic N) is 1. The Labute approximate surface area is 99.1 Å². The van der Waals surface area contributed by atoms with Gasteiger partial charge in [0.15, 0.2) is 0 Å². The third-order valence-electron chi connectivity index (χ3n) is 3.36. The van der Waals surface area contributed by atoms with Gasteiger partial charge in [0.25, 0.3) is 0 Å². The third-order valence-corrected chi connectivity index (χ3v) is 3.36. The summed E-state index contributed by atoms with van der Waals surface area (Å²) >= 11 is 0. The van der Waals surface area contributed by atoms with E-state index in [-0.39, 0.29) is 0 Å². The first kappa shape index (κ1) is 12.4. The van der Waals surface area contributed by atoms with Crippen LogP contribution in [0.3, 0.4) is 0 Å². The molecular formula is C13H16F3N. The van der Waals surface area contributed by atoms with Crippen molar-refractivity contribution in [3.63, 3.8) is 0 Å². The fourth-order valence-corrected chi connectivity index (χ4v) is 2.10. The summed E-state index contributed by atoms with van der Waals surface area (Å²) in [4.78, 5) is 3.75. The van der Waals surface area contributed by atoms with Crippen molar-refractivity contribution in [2.45, 2.75) is 45.2 Å². The molecular weight excluding hydrogens is 227 g/mol. The fourth-order valence-electron chi connectivity index (χ4n) is 2.10. The zero-order valence-electron chi connectivity index (χ0n) is 9.85. The predicted octanol–water partition coefficient (Wildman–Crippen LogP) is 4.01. The molecule has 17 heavy (non-hydrogen) atoms. The van der Waals surface area contributed by atoms with E-state index in [1.54, 1.807) is 0 Å². The molecule has 4 heteroatoms. The second kappa shape index (κ2) is 4.67. The number of rotatable bonds is 3. The Kier molecular flexibility index (Phi) is 3.40. The molecule has 0 aliphatic heterocycles. The van der Waals surface area contributed by atoms with E-state index in [0.29, 0.717) is 24.5 Å². The van der Waals surface area contributed by atoms with Crippen LogP contribution in [-0.2, 0) is 19.0 Å². The molecule has 1 aromatic rings. The van der Waals surface area contributed by atoms with Crippen molar-refractivity contribution in [3.8, 4) is 0 Å². The SMILES string of the molecule is CCc1cc(CC2CCC2)nc(C(F)(F)F)c1. The molecule has 1 heterocycles. The van der Waals surface area contributed by atoms with Crippen molar-refractivity contribution in [2.24, 2.45) is 5.92 Å². The van der Waals surface area contributed by atoms with Crippen LogP contribution in [0.1, 0.15) is 43.1 Å². The smallest absolute Gasteiger partial charge is 0.248 e. The van der Waals surface area contributed by atoms with Gasteiger partial charge in [-0.1, -0.05) is 26.2 Å². The maximum absolute atomic E-state index is 12.7. The second-order valence-corrected chi connectivity index (χ2v) is 4.70. The highest BCUT2D eigenvalue weighted by Gasteiger charge is 2.33. The zero-order valence-corrected chi connectivity index (χ0v) is 9.85. The molecule has 1 aromatic heterocycles. The van der Waals surface area contributed by atoms with E-state index >= 15 is 0 Å². The van der Waals surface area contributed by atoms with Crippen molar-refractivity contribution in [3.05, 3.63) is 29.1 Å². The minimum absolute atomic E-state index is 0.538. The van der Waals surface area contributed by atoms with Crippen LogP contribution >= 0.6 is 0 Å². The summed E-state index contributed by atoms with van der Waals surface area (Å²) in [6, 6.07) is 2.97. The maximum atomic E-state index is 12.7. The van der Waals surface area contributed by atoms with Crippen LogP contribution in [-0.4, -0.2) is 4.98 Å². The van der Waals surface area contributed by atoms with Crippen LogP contribution in [0, 0.1) is 5.92 Å². The number of hydrogen-bond donors (Lipinski definition) is 0. The normalized spacial score (nSPS) is 16.9. The van der Waals surface area contributed by atoms with Gasteiger partial charge in [-0.25, -0.2) is 4.98 Å². The highest BCUT2D eigenvalue weighted by molar-refractivity contribution is 5.23. The summed E-state index contributed by atoms with van der Waals surface area (Å²) in [6.45, 7) is 1.86. The third kappa shape index (κ3) is 2.99. The average molecular weight is 243 g/mol. The monoisotopic (exact) mass is 243 g/mol. The summed E-state index contributed by atoms with van der Waals surface area (Å²) in [5.74, 6) is 0.538. The minimum atomic E-state index is -4.33. The van der Waals surface area contributed by atoms with Crippen molar-refractivity contribution >= 4 is 0 Å². The van der Waals surface area contributed by atoms with Crippen LogP contribution in [0.2, 0.25) is 0 Å². The van der Waals surface area contributed by atoms with Gasteiger partial charge >= 0.3 is 6.18 Å². The Morgan fingerprint density at radius 2 is 2.00 bits per heavy atom. The van der Waals surface area contributed by atoms with Gasteiger partial charge in [0.1, 0.15) is 5.69 Å². The standard InChI is InChI=1S/C13H16F3N/c1-2-9-6-11(7-10-4-3-5-10)17-12(8-9)13(14,15)16/h6,8,10H,2-5,7H2,1H3. The van der Waals surface area contributed by atoms with E-state index in [4.69, 9.17) is 0 Å². The molecule has 1 aliphatic rings. The summed E-state index contributed by atoms with van der Waals surface area (Å²) in [7, 11) is 0. The Bertz CT molecular complexity index is 394. The molecule has 1 nitrogen and oxygen atoms in total. The first-order valence-corrected chi connectivity index (χ1v) is 6.06. The van der Waals surface area contributed by atoms with Gasteiger partial charge < -0.3 is 0 Å². The van der Waals surface area contributed by atoms with Crippen molar-refractivity contribution in [2.75, 3.05) is 0 Å². The Morgan fingerprint density at radius 1 is 1.29 bits per heavy atom. The van der Waals surface area contributed by atoms with Crippen LogP contribution in [0.4, 0.5) is 13.2 Å². The van der Waals surface area contributed by atoms with Gasteiger partial charge in [0.05, 0.1) is 0 Å². The van der Waals surface area contributed by atoms with Gasteiger partial charge in [0, 0.05) is 5.69 Å². The summed E-state index contributed by atoms with van der Waals surface area (Å²) in [5.41, 5.74) is 0.578. The van der Waals surface area contributed by atoms with Crippen molar-refractivity contribution in [1.82, 2.24) is 4.98 Å². The van der Waals surface area contributed by atoms with Crippen LogP contribution in [0.5, 0.6) is 0 Å². The molecule has 0 atom stereocenters. The highest BCUT2D eigenvalue weighted by atomic mass is 19.4. The van der Waals surface area contributed by atoms with Crippen molar-refractivity contribution in [1.29, 1.82) is 0 Å². The second-order valence-electron chi connectivity index (χ2n) is 4.70. The van der Waals surface area contributed by atoms with Gasteiger partial charge in [0.2, 0.25) is 0 Å². The van der Waals surface area contributed by atoms with E-state index in [9.17, 15) is 13.2 Å². The summed E-state index contributed by atoms with van der Waals surface area (Å²) < 4.78 is 38.0. The molecule has 0 N–H and O–H groups in total. The fraction of sp³-hybridized carbons (Fsp3) is 0.615. The number of halogens is 3. The first-order chi connectivity index (χ1) is 7.99. The molecule has 0 spiro atoms. The summed E-state index contributed by atoms with van der Waals surface area (Å²) in [6.07, 6.45) is 0.419. The van der Waals surface area contributed by atoms with E-state index < -0.39 is 11.9 Å². The highest BCUT2D eigenvalue weighted by Crippen LogP contribution is 2.32. The molecule has 0 unspecified atom stereocenters. The molecule has 94 valence electrons. The van der Waals surface area contributed by atoms with Crippen molar-refractivity contribution < 1.29 is 13.2 Å². The number of aromatic nitrogens is 1. The minimum Gasteiger partial charge on any atom is -0.248 e. The van der Waals surface area contributed by atoms with Crippen LogP contribution in [0.15, 0.2) is 12.1 Å². The average Bonchev–Trinajstić information content (AvgIpc) is 2.22. The Hall–Kier alpha value is -1.06. The van der Waals surface area contributed by atoms with Gasteiger partial charge in [-0.3, -0.25) is 0 Å². The lowest BCUT2D eigenvalue weighted by molar-refractivity contribution is -0.141. The number of aryl methyl sites for hydroxylation is 1. The number of pyridine rings is 1.